The molecule has 1 amide bonds. The molecule has 26 heavy (non-hydrogen) atoms. The second-order valence-corrected chi connectivity index (χ2v) is 5.71. The number of hydrogen-bond donors (Lipinski definition) is 1. The Hall–Kier alpha value is -3.48. The molecule has 0 radical (unpaired) electrons. The Balaban J connectivity index is 1.81. The van der Waals surface area contributed by atoms with E-state index in [1.54, 1.807) is 25.6 Å². The Morgan fingerprint density at radius 1 is 1.27 bits per heavy atom. The van der Waals surface area contributed by atoms with Crippen molar-refractivity contribution < 1.29 is 14.3 Å². The molecule has 7 heteroatoms. The molecule has 0 atom stereocenters. The van der Waals surface area contributed by atoms with Gasteiger partial charge in [0.1, 0.15) is 5.75 Å². The Morgan fingerprint density at radius 3 is 2.69 bits per heavy atom. The maximum Gasteiger partial charge on any atom is 0.253 e. The van der Waals surface area contributed by atoms with E-state index in [-0.39, 0.29) is 5.91 Å². The standard InChI is InChI=1S/C19H18N4O3/c1-13-7-17(18(10-20-13)23-11-15(12-24)9-22-23)19(25)21-8-14-3-5-16(26-2)6-4-14/h3-7,9-12H,8H2,1-2H3,(H,21,25). The highest BCUT2D eigenvalue weighted by Crippen LogP contribution is 2.16. The lowest BCUT2D eigenvalue weighted by Gasteiger charge is -2.11. The van der Waals surface area contributed by atoms with Crippen molar-refractivity contribution in [1.29, 1.82) is 0 Å². The summed E-state index contributed by atoms with van der Waals surface area (Å²) in [5.74, 6) is 0.515. The average Bonchev–Trinajstić information content (AvgIpc) is 3.15. The van der Waals surface area contributed by atoms with Gasteiger partial charge in [-0.3, -0.25) is 14.6 Å². The van der Waals surface area contributed by atoms with Crippen molar-refractivity contribution in [2.24, 2.45) is 0 Å². The highest BCUT2D eigenvalue weighted by molar-refractivity contribution is 5.97. The number of rotatable bonds is 6. The minimum atomic E-state index is -0.246. The van der Waals surface area contributed by atoms with Gasteiger partial charge in [-0.1, -0.05) is 12.1 Å². The first-order valence-corrected chi connectivity index (χ1v) is 7.98. The van der Waals surface area contributed by atoms with Crippen LogP contribution in [0.4, 0.5) is 0 Å². The van der Waals surface area contributed by atoms with Gasteiger partial charge in [0.2, 0.25) is 0 Å². The van der Waals surface area contributed by atoms with Crippen LogP contribution in [0.15, 0.2) is 48.9 Å². The third-order valence-electron chi connectivity index (χ3n) is 3.86. The van der Waals surface area contributed by atoms with Crippen molar-refractivity contribution in [3.8, 4) is 11.4 Å². The van der Waals surface area contributed by atoms with Crippen molar-refractivity contribution in [3.05, 3.63) is 71.3 Å². The van der Waals surface area contributed by atoms with Gasteiger partial charge in [0.25, 0.3) is 5.91 Å². The molecule has 0 aliphatic rings. The topological polar surface area (TPSA) is 86.1 Å². The summed E-state index contributed by atoms with van der Waals surface area (Å²) in [6.45, 7) is 2.19. The van der Waals surface area contributed by atoms with E-state index in [4.69, 9.17) is 4.74 Å². The Labute approximate surface area is 150 Å². The quantitative estimate of drug-likeness (QED) is 0.690. The lowest BCUT2D eigenvalue weighted by atomic mass is 10.1. The van der Waals surface area contributed by atoms with Gasteiger partial charge in [-0.2, -0.15) is 5.10 Å². The third-order valence-corrected chi connectivity index (χ3v) is 3.86. The first kappa shape index (κ1) is 17.3. The highest BCUT2D eigenvalue weighted by atomic mass is 16.5. The van der Waals surface area contributed by atoms with Crippen LogP contribution in [0, 0.1) is 6.92 Å². The predicted octanol–water partition coefficient (Wildman–Crippen LogP) is 2.33. The van der Waals surface area contributed by atoms with Crippen molar-refractivity contribution in [2.75, 3.05) is 7.11 Å². The Morgan fingerprint density at radius 2 is 2.04 bits per heavy atom. The van der Waals surface area contributed by atoms with Crippen LogP contribution in [0.25, 0.3) is 5.69 Å². The molecule has 0 spiro atoms. The average molecular weight is 350 g/mol. The number of ether oxygens (including phenoxy) is 1. The molecule has 2 heterocycles. The Bertz CT molecular complexity index is 932. The molecule has 0 aliphatic heterocycles. The van der Waals surface area contributed by atoms with Crippen LogP contribution in [-0.4, -0.2) is 34.1 Å². The van der Waals surface area contributed by atoms with Crippen LogP contribution in [0.1, 0.15) is 32.0 Å². The van der Waals surface area contributed by atoms with Gasteiger partial charge in [0.05, 0.1) is 36.3 Å². The summed E-state index contributed by atoms with van der Waals surface area (Å²) in [5.41, 5.74) is 3.04. The fourth-order valence-electron chi connectivity index (χ4n) is 2.47. The van der Waals surface area contributed by atoms with Gasteiger partial charge in [-0.05, 0) is 30.7 Å². The van der Waals surface area contributed by atoms with Gasteiger partial charge in [-0.25, -0.2) is 4.68 Å². The molecule has 0 saturated carbocycles. The van der Waals surface area contributed by atoms with Crippen LogP contribution in [0.2, 0.25) is 0 Å². The summed E-state index contributed by atoms with van der Waals surface area (Å²) in [4.78, 5) is 27.8. The molecule has 3 aromatic rings. The van der Waals surface area contributed by atoms with Crippen molar-refractivity contribution in [2.45, 2.75) is 13.5 Å². The third kappa shape index (κ3) is 3.77. The fraction of sp³-hybridized carbons (Fsp3) is 0.158. The molecule has 0 bridgehead atoms. The van der Waals surface area contributed by atoms with Gasteiger partial charge < -0.3 is 10.1 Å². The number of hydrogen-bond acceptors (Lipinski definition) is 5. The lowest BCUT2D eigenvalue weighted by Crippen LogP contribution is -2.24. The molecule has 1 N–H and O–H groups in total. The summed E-state index contributed by atoms with van der Waals surface area (Å²) < 4.78 is 6.60. The van der Waals surface area contributed by atoms with E-state index >= 15 is 0 Å². The summed E-state index contributed by atoms with van der Waals surface area (Å²) in [6.07, 6.45) is 5.26. The molecular weight excluding hydrogens is 332 g/mol. The minimum Gasteiger partial charge on any atom is -0.497 e. The monoisotopic (exact) mass is 350 g/mol. The maximum absolute atomic E-state index is 12.7. The number of nitrogens with zero attached hydrogens (tertiary/aromatic N) is 3. The molecule has 0 fully saturated rings. The van der Waals surface area contributed by atoms with Gasteiger partial charge in [-0.15, -0.1) is 0 Å². The van der Waals surface area contributed by atoms with E-state index in [2.05, 4.69) is 15.4 Å². The number of carbonyl (C=O) groups excluding carboxylic acids is 2. The molecule has 3 rings (SSSR count). The van der Waals surface area contributed by atoms with E-state index in [0.29, 0.717) is 35.3 Å². The number of aromatic nitrogens is 3. The summed E-state index contributed by atoms with van der Waals surface area (Å²) in [6, 6.07) is 9.16. The number of aldehydes is 1. The van der Waals surface area contributed by atoms with E-state index < -0.39 is 0 Å². The van der Waals surface area contributed by atoms with E-state index in [0.717, 1.165) is 11.3 Å². The van der Waals surface area contributed by atoms with Crippen LogP contribution >= 0.6 is 0 Å². The molecule has 0 saturated heterocycles. The van der Waals surface area contributed by atoms with E-state index in [1.165, 1.54) is 10.9 Å². The van der Waals surface area contributed by atoms with E-state index in [9.17, 15) is 9.59 Å². The van der Waals surface area contributed by atoms with Crippen LogP contribution in [0.3, 0.4) is 0 Å². The zero-order chi connectivity index (χ0) is 18.5. The van der Waals surface area contributed by atoms with Gasteiger partial charge in [0, 0.05) is 18.4 Å². The summed E-state index contributed by atoms with van der Waals surface area (Å²) in [7, 11) is 1.61. The number of methoxy groups -OCH3 is 1. The van der Waals surface area contributed by atoms with Gasteiger partial charge in [0.15, 0.2) is 6.29 Å². The van der Waals surface area contributed by atoms with Crippen LogP contribution in [0.5, 0.6) is 5.75 Å². The number of aryl methyl sites for hydroxylation is 1. The Kier molecular flexibility index (Phi) is 5.07. The zero-order valence-electron chi connectivity index (χ0n) is 14.5. The summed E-state index contributed by atoms with van der Waals surface area (Å²) in [5, 5.41) is 7.01. The van der Waals surface area contributed by atoms with E-state index in [1.807, 2.05) is 31.2 Å². The van der Waals surface area contributed by atoms with Crippen molar-refractivity contribution in [3.63, 3.8) is 0 Å². The molecule has 0 unspecified atom stereocenters. The van der Waals surface area contributed by atoms with Crippen LogP contribution < -0.4 is 10.1 Å². The molecule has 1 aromatic carbocycles. The number of pyridine rings is 1. The number of amides is 1. The van der Waals surface area contributed by atoms with Gasteiger partial charge >= 0.3 is 0 Å². The number of benzene rings is 1. The largest absolute Gasteiger partial charge is 0.497 e. The SMILES string of the molecule is COc1ccc(CNC(=O)c2cc(C)ncc2-n2cc(C=O)cn2)cc1. The predicted molar refractivity (Wildman–Crippen MR) is 95.6 cm³/mol. The number of nitrogens with one attached hydrogen (secondary N) is 1. The maximum atomic E-state index is 12.7. The second kappa shape index (κ2) is 7.60. The minimum absolute atomic E-state index is 0.246. The second-order valence-electron chi connectivity index (χ2n) is 5.71. The normalized spacial score (nSPS) is 10.4. The van der Waals surface area contributed by atoms with Crippen molar-refractivity contribution >= 4 is 12.2 Å². The summed E-state index contributed by atoms with van der Waals surface area (Å²) >= 11 is 0. The first-order valence-electron chi connectivity index (χ1n) is 7.98. The molecule has 2 aromatic heterocycles. The lowest BCUT2D eigenvalue weighted by molar-refractivity contribution is 0.0950. The molecule has 7 nitrogen and oxygen atoms in total. The zero-order valence-corrected chi connectivity index (χ0v) is 14.5. The first-order chi connectivity index (χ1) is 12.6. The molecular formula is C19H18N4O3. The smallest absolute Gasteiger partial charge is 0.253 e. The molecule has 0 aliphatic carbocycles. The molecule has 132 valence electrons. The van der Waals surface area contributed by atoms with Crippen molar-refractivity contribution in [1.82, 2.24) is 20.1 Å². The van der Waals surface area contributed by atoms with Crippen LogP contribution in [-0.2, 0) is 6.54 Å². The number of carbonyl (C=O) groups is 2. The highest BCUT2D eigenvalue weighted by Gasteiger charge is 2.15. The fourth-order valence-corrected chi connectivity index (χ4v) is 2.47.